The molecule has 1 amide bonds. The van der Waals surface area contributed by atoms with Crippen molar-refractivity contribution in [2.45, 2.75) is 25.4 Å². The van der Waals surface area contributed by atoms with Gasteiger partial charge in [0.05, 0.1) is 18.4 Å². The Balaban J connectivity index is 1.65. The highest BCUT2D eigenvalue weighted by atomic mass is 35.5. The Morgan fingerprint density at radius 1 is 1.29 bits per heavy atom. The average Bonchev–Trinajstić information content (AvgIpc) is 2.59. The van der Waals surface area contributed by atoms with Gasteiger partial charge in [0, 0.05) is 11.6 Å². The summed E-state index contributed by atoms with van der Waals surface area (Å²) in [4.78, 5) is 23.9. The first kappa shape index (κ1) is 17.0. The van der Waals surface area contributed by atoms with E-state index in [1.54, 1.807) is 6.08 Å². The van der Waals surface area contributed by atoms with E-state index in [0.29, 0.717) is 18.2 Å². The second kappa shape index (κ2) is 7.36. The number of hydrogen-bond donors (Lipinski definition) is 2. The predicted octanol–water partition coefficient (Wildman–Crippen LogP) is 2.65. The van der Waals surface area contributed by atoms with E-state index in [1.807, 2.05) is 18.2 Å². The van der Waals surface area contributed by atoms with Gasteiger partial charge in [0.15, 0.2) is 0 Å². The van der Waals surface area contributed by atoms with Crippen molar-refractivity contribution in [2.75, 3.05) is 13.2 Å². The number of nitrogens with one attached hydrogen (secondary N) is 1. The number of amides is 1. The molecule has 3 atom stereocenters. The number of carboxylic acid groups (broad SMARTS) is 1. The van der Waals surface area contributed by atoms with Crippen molar-refractivity contribution in [3.8, 4) is 0 Å². The van der Waals surface area contributed by atoms with Crippen molar-refractivity contribution in [1.82, 2.24) is 5.32 Å². The molecule has 5 nitrogen and oxygen atoms in total. The summed E-state index contributed by atoms with van der Waals surface area (Å²) in [5.74, 6) is -2.61. The fourth-order valence-electron chi connectivity index (χ4n) is 3.37. The summed E-state index contributed by atoms with van der Waals surface area (Å²) < 4.78 is 5.77. The third kappa shape index (κ3) is 3.62. The molecule has 0 spiro atoms. The van der Waals surface area contributed by atoms with Gasteiger partial charge in [0.1, 0.15) is 6.10 Å². The van der Waals surface area contributed by atoms with Crippen LogP contribution in [0.3, 0.4) is 0 Å². The second-order valence-corrected chi connectivity index (χ2v) is 6.68. The van der Waals surface area contributed by atoms with Gasteiger partial charge in [-0.25, -0.2) is 0 Å². The zero-order valence-electron chi connectivity index (χ0n) is 13.2. The number of benzene rings is 1. The summed E-state index contributed by atoms with van der Waals surface area (Å²) in [6, 6.07) is 8.02. The molecule has 1 aliphatic carbocycles. The SMILES string of the molecule is O=C(O)[C@@H]1CC=C(Cl)C[C@H]1C(=O)NC[C@H]1OCCc2ccccc21. The van der Waals surface area contributed by atoms with Crippen LogP contribution in [-0.2, 0) is 20.7 Å². The van der Waals surface area contributed by atoms with Crippen LogP contribution in [0, 0.1) is 11.8 Å². The molecule has 1 aromatic carbocycles. The van der Waals surface area contributed by atoms with Crippen molar-refractivity contribution in [3.05, 3.63) is 46.5 Å². The molecule has 0 unspecified atom stereocenters. The minimum absolute atomic E-state index is 0.197. The number of fused-ring (bicyclic) bond motifs is 1. The lowest BCUT2D eigenvalue weighted by molar-refractivity contribution is -0.147. The van der Waals surface area contributed by atoms with E-state index in [9.17, 15) is 14.7 Å². The Hall–Kier alpha value is -1.85. The molecule has 1 aliphatic heterocycles. The summed E-state index contributed by atoms with van der Waals surface area (Å²) >= 11 is 6.00. The van der Waals surface area contributed by atoms with Gasteiger partial charge < -0.3 is 15.2 Å². The topological polar surface area (TPSA) is 75.6 Å². The van der Waals surface area contributed by atoms with E-state index >= 15 is 0 Å². The van der Waals surface area contributed by atoms with Crippen molar-refractivity contribution in [3.63, 3.8) is 0 Å². The van der Waals surface area contributed by atoms with Crippen LogP contribution >= 0.6 is 11.6 Å². The molecule has 24 heavy (non-hydrogen) atoms. The van der Waals surface area contributed by atoms with Crippen molar-refractivity contribution in [2.24, 2.45) is 11.8 Å². The molecule has 0 aromatic heterocycles. The van der Waals surface area contributed by atoms with Gasteiger partial charge in [-0.2, -0.15) is 0 Å². The molecule has 3 rings (SSSR count). The number of aliphatic carboxylic acids is 1. The number of rotatable bonds is 4. The molecule has 0 bridgehead atoms. The number of carboxylic acids is 1. The average molecular weight is 350 g/mol. The quantitative estimate of drug-likeness (QED) is 0.876. The Labute approximate surface area is 145 Å². The Kier molecular flexibility index (Phi) is 5.21. The molecule has 0 saturated carbocycles. The molecule has 0 saturated heterocycles. The smallest absolute Gasteiger partial charge is 0.307 e. The van der Waals surface area contributed by atoms with E-state index in [4.69, 9.17) is 16.3 Å². The van der Waals surface area contributed by atoms with Crippen LogP contribution in [0.25, 0.3) is 0 Å². The fourth-order valence-corrected chi connectivity index (χ4v) is 3.63. The Morgan fingerprint density at radius 2 is 2.08 bits per heavy atom. The monoisotopic (exact) mass is 349 g/mol. The van der Waals surface area contributed by atoms with Crippen LogP contribution in [0.15, 0.2) is 35.4 Å². The van der Waals surface area contributed by atoms with Gasteiger partial charge in [-0.15, -0.1) is 0 Å². The molecule has 1 heterocycles. The van der Waals surface area contributed by atoms with Gasteiger partial charge >= 0.3 is 5.97 Å². The second-order valence-electron chi connectivity index (χ2n) is 6.20. The molecule has 2 aliphatic rings. The number of hydrogen-bond acceptors (Lipinski definition) is 3. The minimum Gasteiger partial charge on any atom is -0.481 e. The maximum absolute atomic E-state index is 12.5. The normalized spacial score (nSPS) is 26.2. The molecule has 0 radical (unpaired) electrons. The molecule has 2 N–H and O–H groups in total. The molecule has 6 heteroatoms. The van der Waals surface area contributed by atoms with Gasteiger partial charge in [-0.3, -0.25) is 9.59 Å². The Bertz CT molecular complexity index is 673. The van der Waals surface area contributed by atoms with Gasteiger partial charge in [-0.05, 0) is 30.4 Å². The van der Waals surface area contributed by atoms with Gasteiger partial charge in [0.2, 0.25) is 5.91 Å². The molecular weight excluding hydrogens is 330 g/mol. The third-order valence-electron chi connectivity index (χ3n) is 4.70. The number of carbonyl (C=O) groups is 2. The van der Waals surface area contributed by atoms with Crippen LogP contribution in [0.1, 0.15) is 30.1 Å². The highest BCUT2D eigenvalue weighted by Crippen LogP contribution is 2.32. The third-order valence-corrected chi connectivity index (χ3v) is 5.01. The number of carbonyl (C=O) groups excluding carboxylic acids is 1. The molecule has 0 fully saturated rings. The summed E-state index contributed by atoms with van der Waals surface area (Å²) in [5.41, 5.74) is 2.32. The summed E-state index contributed by atoms with van der Waals surface area (Å²) in [6.07, 6.45) is 2.91. The first-order valence-corrected chi connectivity index (χ1v) is 8.48. The van der Waals surface area contributed by atoms with Crippen LogP contribution in [0.4, 0.5) is 0 Å². The van der Waals surface area contributed by atoms with Gasteiger partial charge in [0.25, 0.3) is 0 Å². The predicted molar refractivity (Wildman–Crippen MR) is 89.6 cm³/mol. The molecular formula is C18H20ClNO4. The van der Waals surface area contributed by atoms with Crippen molar-refractivity contribution in [1.29, 1.82) is 0 Å². The van der Waals surface area contributed by atoms with Crippen molar-refractivity contribution >= 4 is 23.5 Å². The van der Waals surface area contributed by atoms with E-state index in [1.165, 1.54) is 5.56 Å². The number of halogens is 1. The van der Waals surface area contributed by atoms with E-state index in [-0.39, 0.29) is 24.9 Å². The molecule has 1 aromatic rings. The summed E-state index contributed by atoms with van der Waals surface area (Å²) in [5, 5.41) is 12.7. The molecule has 128 valence electrons. The standard InChI is InChI=1S/C18H20ClNO4/c19-12-5-6-14(18(22)23)15(9-12)17(21)20-10-16-13-4-2-1-3-11(13)7-8-24-16/h1-5,14-16H,6-10H2,(H,20,21)(H,22,23)/t14-,15-,16-/m1/s1. The largest absolute Gasteiger partial charge is 0.481 e. The lowest BCUT2D eigenvalue weighted by Gasteiger charge is -2.29. The fraction of sp³-hybridized carbons (Fsp3) is 0.444. The van der Waals surface area contributed by atoms with Crippen LogP contribution in [-0.4, -0.2) is 30.1 Å². The maximum Gasteiger partial charge on any atom is 0.307 e. The summed E-state index contributed by atoms with van der Waals surface area (Å²) in [6.45, 7) is 0.952. The van der Waals surface area contributed by atoms with Gasteiger partial charge in [-0.1, -0.05) is 41.9 Å². The Morgan fingerprint density at radius 3 is 2.88 bits per heavy atom. The lowest BCUT2D eigenvalue weighted by atomic mass is 9.82. The lowest BCUT2D eigenvalue weighted by Crippen LogP contribution is -2.41. The zero-order valence-corrected chi connectivity index (χ0v) is 14.0. The van der Waals surface area contributed by atoms with Crippen LogP contribution in [0.2, 0.25) is 0 Å². The minimum atomic E-state index is -0.963. The van der Waals surface area contributed by atoms with E-state index < -0.39 is 17.8 Å². The van der Waals surface area contributed by atoms with E-state index in [2.05, 4.69) is 11.4 Å². The highest BCUT2D eigenvalue weighted by Gasteiger charge is 2.36. The van der Waals surface area contributed by atoms with E-state index in [0.717, 1.165) is 12.0 Å². The number of ether oxygens (including phenoxy) is 1. The first-order chi connectivity index (χ1) is 11.6. The zero-order chi connectivity index (χ0) is 17.1. The maximum atomic E-state index is 12.5. The van der Waals surface area contributed by atoms with Crippen molar-refractivity contribution < 1.29 is 19.4 Å². The van der Waals surface area contributed by atoms with Crippen LogP contribution in [0.5, 0.6) is 0 Å². The highest BCUT2D eigenvalue weighted by molar-refractivity contribution is 6.29. The summed E-state index contributed by atoms with van der Waals surface area (Å²) in [7, 11) is 0. The van der Waals surface area contributed by atoms with Crippen LogP contribution < -0.4 is 5.32 Å². The number of allylic oxidation sites excluding steroid dienone is 2. The first-order valence-electron chi connectivity index (χ1n) is 8.10.